The minimum Gasteiger partial charge on any atom is -0.491 e. The van der Waals surface area contributed by atoms with Crippen LogP contribution in [0.2, 0.25) is 0 Å². The van der Waals surface area contributed by atoms with Crippen LogP contribution in [0.3, 0.4) is 0 Å². The minimum atomic E-state index is -0.148. The van der Waals surface area contributed by atoms with Crippen LogP contribution in [0.1, 0.15) is 69.5 Å². The van der Waals surface area contributed by atoms with Gasteiger partial charge in [0.1, 0.15) is 18.9 Å². The predicted octanol–water partition coefficient (Wildman–Crippen LogP) is 5.27. The summed E-state index contributed by atoms with van der Waals surface area (Å²) in [5, 5.41) is 2.09. The van der Waals surface area contributed by atoms with Gasteiger partial charge < -0.3 is 14.5 Å². The molecule has 0 spiro atoms. The first kappa shape index (κ1) is 24.3. The molecular weight excluding hydrogens is 420 g/mol. The summed E-state index contributed by atoms with van der Waals surface area (Å²) in [5.41, 5.74) is 2.44. The van der Waals surface area contributed by atoms with E-state index in [0.717, 1.165) is 12.2 Å². The van der Waals surface area contributed by atoms with Gasteiger partial charge in [0, 0.05) is 23.4 Å². The Morgan fingerprint density at radius 1 is 1.09 bits per heavy atom. The zero-order chi connectivity index (χ0) is 23.4. The van der Waals surface area contributed by atoms with Crippen molar-refractivity contribution in [2.24, 2.45) is 5.92 Å². The molecule has 1 aromatic carbocycles. The molecule has 5 nitrogen and oxygen atoms in total. The highest BCUT2D eigenvalue weighted by molar-refractivity contribution is 7.10. The third-order valence-electron chi connectivity index (χ3n) is 6.08. The van der Waals surface area contributed by atoms with E-state index in [9.17, 15) is 9.59 Å². The lowest BCUT2D eigenvalue weighted by atomic mass is 10.00. The maximum atomic E-state index is 13.4. The second-order valence-electron chi connectivity index (χ2n) is 9.40. The monoisotopic (exact) mass is 456 g/mol. The van der Waals surface area contributed by atoms with Crippen LogP contribution in [0, 0.1) is 5.92 Å². The zero-order valence-electron chi connectivity index (χ0n) is 20.1. The molecule has 0 bridgehead atoms. The summed E-state index contributed by atoms with van der Waals surface area (Å²) in [4.78, 5) is 31.0. The van der Waals surface area contributed by atoms with Crippen molar-refractivity contribution in [3.8, 4) is 5.75 Å². The molecule has 3 rings (SSSR count). The van der Waals surface area contributed by atoms with Crippen molar-refractivity contribution in [1.29, 1.82) is 0 Å². The van der Waals surface area contributed by atoms with E-state index in [1.807, 2.05) is 44.7 Å². The van der Waals surface area contributed by atoms with Crippen molar-refractivity contribution >= 4 is 23.2 Å². The highest BCUT2D eigenvalue weighted by Crippen LogP contribution is 2.34. The van der Waals surface area contributed by atoms with Crippen LogP contribution in [0.25, 0.3) is 0 Å². The Kier molecular flexibility index (Phi) is 7.99. The molecule has 0 aliphatic carbocycles. The largest absolute Gasteiger partial charge is 0.491 e. The third-order valence-corrected chi connectivity index (χ3v) is 7.07. The van der Waals surface area contributed by atoms with Gasteiger partial charge in [0.25, 0.3) is 0 Å². The average molecular weight is 457 g/mol. The molecule has 1 aromatic heterocycles. The van der Waals surface area contributed by atoms with Crippen molar-refractivity contribution < 1.29 is 14.3 Å². The van der Waals surface area contributed by atoms with Crippen LogP contribution in [0.4, 0.5) is 0 Å². The first-order chi connectivity index (χ1) is 15.2. The normalized spacial score (nSPS) is 15.9. The molecule has 32 heavy (non-hydrogen) atoms. The number of hydrogen-bond acceptors (Lipinski definition) is 4. The van der Waals surface area contributed by atoms with Gasteiger partial charge in [0.15, 0.2) is 0 Å². The summed E-state index contributed by atoms with van der Waals surface area (Å²) in [6.45, 7) is 13.2. The van der Waals surface area contributed by atoms with Gasteiger partial charge in [-0.2, -0.15) is 0 Å². The fourth-order valence-corrected chi connectivity index (χ4v) is 5.01. The lowest BCUT2D eigenvalue weighted by Crippen LogP contribution is -2.50. The maximum absolute atomic E-state index is 13.4. The number of nitrogens with zero attached hydrogens (tertiary/aromatic N) is 2. The van der Waals surface area contributed by atoms with E-state index < -0.39 is 0 Å². The van der Waals surface area contributed by atoms with Crippen molar-refractivity contribution in [2.75, 3.05) is 19.7 Å². The molecule has 1 unspecified atom stereocenters. The topological polar surface area (TPSA) is 49.9 Å². The van der Waals surface area contributed by atoms with E-state index in [-0.39, 0.29) is 36.4 Å². The van der Waals surface area contributed by atoms with E-state index in [4.69, 9.17) is 4.74 Å². The average Bonchev–Trinajstić information content (AvgIpc) is 3.24. The number of fused-ring (bicyclic) bond motifs is 1. The summed E-state index contributed by atoms with van der Waals surface area (Å²) >= 11 is 1.74. The number of ether oxygens (including phenoxy) is 1. The quantitative estimate of drug-likeness (QED) is 0.544. The lowest BCUT2D eigenvalue weighted by molar-refractivity contribution is -0.145. The summed E-state index contributed by atoms with van der Waals surface area (Å²) in [6, 6.07) is 10.1. The van der Waals surface area contributed by atoms with E-state index in [2.05, 4.69) is 37.4 Å². The van der Waals surface area contributed by atoms with Crippen LogP contribution in [0.5, 0.6) is 5.75 Å². The zero-order valence-corrected chi connectivity index (χ0v) is 20.9. The van der Waals surface area contributed by atoms with Gasteiger partial charge in [-0.3, -0.25) is 9.59 Å². The molecular formula is C26H36N2O3S. The van der Waals surface area contributed by atoms with Gasteiger partial charge in [-0.05, 0) is 60.9 Å². The molecule has 0 radical (unpaired) electrons. The predicted molar refractivity (Wildman–Crippen MR) is 130 cm³/mol. The molecule has 2 amide bonds. The molecule has 1 aliphatic rings. The Morgan fingerprint density at radius 3 is 2.38 bits per heavy atom. The van der Waals surface area contributed by atoms with Crippen LogP contribution in [-0.2, 0) is 16.0 Å². The molecule has 1 aliphatic heterocycles. The van der Waals surface area contributed by atoms with Crippen LogP contribution < -0.4 is 4.74 Å². The van der Waals surface area contributed by atoms with E-state index in [1.54, 1.807) is 16.2 Å². The van der Waals surface area contributed by atoms with Crippen LogP contribution in [-0.4, -0.2) is 47.4 Å². The lowest BCUT2D eigenvalue weighted by Gasteiger charge is -2.38. The van der Waals surface area contributed by atoms with Gasteiger partial charge in [0.05, 0.1) is 6.04 Å². The standard InChI is InChI=1S/C26H36N2O3S/c1-17(2)20-7-9-21(10-8-20)31-16-23-22-12-14-32-24(22)11-13-27(23)25(29)15-28(19(5)6)26(30)18(3)4/h7-10,12,14,17-19,23H,11,13,15-16H2,1-6H3. The fraction of sp³-hybridized carbons (Fsp3) is 0.538. The summed E-state index contributed by atoms with van der Waals surface area (Å²) in [6.07, 6.45) is 0.845. The Hall–Kier alpha value is -2.34. The number of carbonyl (C=O) groups excluding carboxylic acids is 2. The third kappa shape index (κ3) is 5.52. The van der Waals surface area contributed by atoms with Crippen LogP contribution >= 0.6 is 11.3 Å². The molecule has 0 N–H and O–H groups in total. The Bertz CT molecular complexity index is 917. The van der Waals surface area contributed by atoms with Crippen molar-refractivity contribution in [1.82, 2.24) is 9.80 Å². The Balaban J connectivity index is 1.76. The first-order valence-electron chi connectivity index (χ1n) is 11.6. The highest BCUT2D eigenvalue weighted by Gasteiger charge is 2.34. The number of rotatable bonds is 8. The van der Waals surface area contributed by atoms with Gasteiger partial charge in [-0.1, -0.05) is 39.8 Å². The molecule has 1 atom stereocenters. The smallest absolute Gasteiger partial charge is 0.242 e. The molecule has 0 fully saturated rings. The highest BCUT2D eigenvalue weighted by atomic mass is 32.1. The molecule has 0 saturated carbocycles. The maximum Gasteiger partial charge on any atom is 0.242 e. The van der Waals surface area contributed by atoms with Gasteiger partial charge in [0.2, 0.25) is 11.8 Å². The number of thiophene rings is 1. The molecule has 174 valence electrons. The number of amides is 2. The van der Waals surface area contributed by atoms with Crippen LogP contribution in [0.15, 0.2) is 35.7 Å². The van der Waals surface area contributed by atoms with Crippen molar-refractivity contribution in [3.05, 3.63) is 51.7 Å². The van der Waals surface area contributed by atoms with Gasteiger partial charge >= 0.3 is 0 Å². The van der Waals surface area contributed by atoms with Gasteiger partial charge in [-0.15, -0.1) is 11.3 Å². The van der Waals surface area contributed by atoms with Gasteiger partial charge in [-0.25, -0.2) is 0 Å². The molecule has 0 saturated heterocycles. The second kappa shape index (κ2) is 10.5. The Morgan fingerprint density at radius 2 is 1.78 bits per heavy atom. The first-order valence-corrected chi connectivity index (χ1v) is 12.5. The summed E-state index contributed by atoms with van der Waals surface area (Å²) in [7, 11) is 0. The SMILES string of the molecule is CC(C)C(=O)N(CC(=O)N1CCc2sccc2C1COc1ccc(C(C)C)cc1)C(C)C. The molecule has 2 aromatic rings. The Labute approximate surface area is 196 Å². The molecule has 2 heterocycles. The number of hydrogen-bond donors (Lipinski definition) is 0. The van der Waals surface area contributed by atoms with E-state index in [1.165, 1.54) is 16.0 Å². The van der Waals surface area contributed by atoms with E-state index >= 15 is 0 Å². The summed E-state index contributed by atoms with van der Waals surface area (Å²) < 4.78 is 6.16. The fourth-order valence-electron chi connectivity index (χ4n) is 4.08. The number of benzene rings is 1. The minimum absolute atomic E-state index is 0.0135. The second-order valence-corrected chi connectivity index (χ2v) is 10.4. The van der Waals surface area contributed by atoms with Crippen molar-refractivity contribution in [2.45, 2.75) is 66.0 Å². The van der Waals surface area contributed by atoms with E-state index in [0.29, 0.717) is 19.1 Å². The number of carbonyl (C=O) groups is 2. The summed E-state index contributed by atoms with van der Waals surface area (Å²) in [5.74, 6) is 1.14. The van der Waals surface area contributed by atoms with Crippen molar-refractivity contribution in [3.63, 3.8) is 0 Å². The molecule has 6 heteroatoms.